The van der Waals surface area contributed by atoms with E-state index in [1.54, 1.807) is 25.3 Å². The van der Waals surface area contributed by atoms with E-state index in [-0.39, 0.29) is 24.2 Å². The molecule has 0 saturated carbocycles. The highest BCUT2D eigenvalue weighted by atomic mass is 16.5. The zero-order valence-corrected chi connectivity index (χ0v) is 16.1. The molecule has 2 aromatic heterocycles. The Bertz CT molecular complexity index is 1170. The van der Waals surface area contributed by atoms with Crippen LogP contribution in [0, 0.1) is 0 Å². The van der Waals surface area contributed by atoms with Gasteiger partial charge in [-0.2, -0.15) is 0 Å². The molecule has 0 radical (unpaired) electrons. The molecule has 10 heteroatoms. The lowest BCUT2D eigenvalue weighted by Gasteiger charge is -2.15. The number of H-pyrrole nitrogens is 2. The Kier molecular flexibility index (Phi) is 5.82. The largest absolute Gasteiger partial charge is 0.493 e. The first-order chi connectivity index (χ1) is 13.9. The molecule has 0 unspecified atom stereocenters. The van der Waals surface area contributed by atoms with Crippen LogP contribution in [0.3, 0.4) is 0 Å². The summed E-state index contributed by atoms with van der Waals surface area (Å²) in [5.74, 6) is 0.663. The molecule has 0 aliphatic rings. The van der Waals surface area contributed by atoms with Crippen molar-refractivity contribution >= 4 is 22.7 Å². The second-order valence-corrected chi connectivity index (χ2v) is 6.10. The molecule has 2 heterocycles. The first kappa shape index (κ1) is 19.9. The zero-order valence-electron chi connectivity index (χ0n) is 16.1. The van der Waals surface area contributed by atoms with Gasteiger partial charge in [0.05, 0.1) is 19.6 Å². The molecule has 0 atom stereocenters. The topological polar surface area (TPSA) is 135 Å². The Labute approximate surface area is 164 Å². The quantitative estimate of drug-likeness (QED) is 0.505. The van der Waals surface area contributed by atoms with Gasteiger partial charge in [0.25, 0.3) is 5.56 Å². The number of hydrogen-bond donors (Lipinski definition) is 3. The lowest BCUT2D eigenvalue weighted by Crippen LogP contribution is -2.24. The molecule has 3 aromatic rings. The van der Waals surface area contributed by atoms with Gasteiger partial charge in [0.15, 0.2) is 11.5 Å². The predicted octanol–water partition coefficient (Wildman–Crippen LogP) is 1.30. The van der Waals surface area contributed by atoms with Crippen LogP contribution in [0.5, 0.6) is 11.5 Å². The van der Waals surface area contributed by atoms with Crippen molar-refractivity contribution in [2.45, 2.75) is 20.1 Å². The van der Waals surface area contributed by atoms with Crippen LogP contribution in [0.25, 0.3) is 11.0 Å². The number of pyridine rings is 1. The summed E-state index contributed by atoms with van der Waals surface area (Å²) in [5.41, 5.74) is 0.717. The molecule has 3 rings (SSSR count). The van der Waals surface area contributed by atoms with E-state index in [4.69, 9.17) is 14.2 Å². The van der Waals surface area contributed by atoms with Gasteiger partial charge in [-0.05, 0) is 17.7 Å². The van der Waals surface area contributed by atoms with Crippen molar-refractivity contribution in [2.75, 3.05) is 19.5 Å². The number of esters is 1. The van der Waals surface area contributed by atoms with Crippen LogP contribution in [0.4, 0.5) is 5.69 Å². The van der Waals surface area contributed by atoms with Crippen molar-refractivity contribution < 1.29 is 19.0 Å². The third-order valence-corrected chi connectivity index (χ3v) is 4.25. The van der Waals surface area contributed by atoms with Gasteiger partial charge in [-0.1, -0.05) is 0 Å². The number of hydrogen-bond acceptors (Lipinski definition) is 8. The number of aromatic amines is 2. The number of aromatic nitrogens is 3. The third-order valence-electron chi connectivity index (χ3n) is 4.25. The number of nitrogens with one attached hydrogen (secondary N) is 3. The van der Waals surface area contributed by atoms with Crippen LogP contribution in [0.15, 0.2) is 34.0 Å². The number of methoxy groups -OCH3 is 2. The fourth-order valence-electron chi connectivity index (χ4n) is 2.87. The van der Waals surface area contributed by atoms with Crippen LogP contribution in [0.2, 0.25) is 0 Å². The summed E-state index contributed by atoms with van der Waals surface area (Å²) in [7, 11) is 3.08. The minimum Gasteiger partial charge on any atom is -0.493 e. The molecule has 10 nitrogen and oxygen atoms in total. The van der Waals surface area contributed by atoms with Gasteiger partial charge in [-0.3, -0.25) is 19.6 Å². The van der Waals surface area contributed by atoms with Crippen LogP contribution in [-0.2, 0) is 22.7 Å². The van der Waals surface area contributed by atoms with Gasteiger partial charge in [0.2, 0.25) is 0 Å². The molecule has 0 amide bonds. The highest BCUT2D eigenvalue weighted by Gasteiger charge is 2.15. The van der Waals surface area contributed by atoms with Gasteiger partial charge in [-0.15, -0.1) is 0 Å². The van der Waals surface area contributed by atoms with E-state index < -0.39 is 17.2 Å². The predicted molar refractivity (Wildman–Crippen MR) is 105 cm³/mol. The Hall–Kier alpha value is -3.82. The average molecular weight is 400 g/mol. The molecule has 0 fully saturated rings. The Morgan fingerprint density at radius 1 is 1.14 bits per heavy atom. The first-order valence-corrected chi connectivity index (χ1v) is 8.65. The summed E-state index contributed by atoms with van der Waals surface area (Å²) < 4.78 is 15.6. The van der Waals surface area contributed by atoms with E-state index in [2.05, 4.69) is 20.3 Å². The molecule has 0 aliphatic heterocycles. The van der Waals surface area contributed by atoms with Crippen molar-refractivity contribution in [1.29, 1.82) is 0 Å². The SMILES string of the molecule is COc1ccc(NCc2c(COC(C)=O)cnc3[nH]c(=O)[nH]c(=O)c23)cc1OC. The lowest BCUT2D eigenvalue weighted by atomic mass is 10.1. The molecule has 0 bridgehead atoms. The fourth-order valence-corrected chi connectivity index (χ4v) is 2.87. The van der Waals surface area contributed by atoms with Crippen molar-refractivity contribution in [2.24, 2.45) is 0 Å². The monoisotopic (exact) mass is 400 g/mol. The number of anilines is 1. The number of carbonyl (C=O) groups excluding carboxylic acids is 1. The van der Waals surface area contributed by atoms with Crippen LogP contribution < -0.4 is 26.0 Å². The number of benzene rings is 1. The smallest absolute Gasteiger partial charge is 0.327 e. The minimum atomic E-state index is -0.651. The lowest BCUT2D eigenvalue weighted by molar-refractivity contribution is -0.142. The van der Waals surface area contributed by atoms with E-state index in [0.29, 0.717) is 28.3 Å². The maximum Gasteiger partial charge on any atom is 0.327 e. The van der Waals surface area contributed by atoms with Gasteiger partial charge in [-0.25, -0.2) is 9.78 Å². The summed E-state index contributed by atoms with van der Waals surface area (Å²) >= 11 is 0. The maximum atomic E-state index is 12.4. The second-order valence-electron chi connectivity index (χ2n) is 6.10. The van der Waals surface area contributed by atoms with Crippen molar-refractivity contribution in [3.8, 4) is 11.5 Å². The van der Waals surface area contributed by atoms with E-state index >= 15 is 0 Å². The van der Waals surface area contributed by atoms with Crippen molar-refractivity contribution in [3.63, 3.8) is 0 Å². The Balaban J connectivity index is 2.01. The molecular weight excluding hydrogens is 380 g/mol. The van der Waals surface area contributed by atoms with Crippen LogP contribution in [-0.4, -0.2) is 35.1 Å². The molecule has 0 spiro atoms. The number of rotatable bonds is 7. The van der Waals surface area contributed by atoms with Gasteiger partial charge >= 0.3 is 11.7 Å². The minimum absolute atomic E-state index is 0.0558. The highest BCUT2D eigenvalue weighted by molar-refractivity contribution is 5.79. The average Bonchev–Trinajstić information content (AvgIpc) is 2.70. The van der Waals surface area contributed by atoms with Gasteiger partial charge in [0.1, 0.15) is 12.3 Å². The summed E-state index contributed by atoms with van der Waals surface area (Å²) in [6, 6.07) is 5.29. The Morgan fingerprint density at radius 2 is 1.90 bits per heavy atom. The zero-order chi connectivity index (χ0) is 21.0. The standard InChI is InChI=1S/C19H20N4O6/c1-10(24)29-9-11-7-21-17-16(18(25)23-19(26)22-17)13(11)8-20-12-4-5-14(27-2)15(6-12)28-3/h4-7,20H,8-9H2,1-3H3,(H2,21,22,23,25,26). The molecule has 1 aromatic carbocycles. The van der Waals surface area contributed by atoms with Crippen LogP contribution in [0.1, 0.15) is 18.1 Å². The van der Waals surface area contributed by atoms with Crippen LogP contribution >= 0.6 is 0 Å². The summed E-state index contributed by atoms with van der Waals surface area (Å²) in [6.07, 6.45) is 1.46. The van der Waals surface area contributed by atoms with Gasteiger partial charge < -0.3 is 19.5 Å². The number of carbonyl (C=O) groups is 1. The number of ether oxygens (including phenoxy) is 3. The number of fused-ring (bicyclic) bond motifs is 1. The molecular formula is C19H20N4O6. The maximum absolute atomic E-state index is 12.4. The third kappa shape index (κ3) is 4.37. The van der Waals surface area contributed by atoms with Crippen molar-refractivity contribution in [3.05, 3.63) is 56.4 Å². The van der Waals surface area contributed by atoms with Crippen molar-refractivity contribution in [1.82, 2.24) is 15.0 Å². The van der Waals surface area contributed by atoms with E-state index in [0.717, 1.165) is 0 Å². The van der Waals surface area contributed by atoms with E-state index in [1.807, 2.05) is 0 Å². The van der Waals surface area contributed by atoms with E-state index in [9.17, 15) is 14.4 Å². The molecule has 0 saturated heterocycles. The fraction of sp³-hybridized carbons (Fsp3) is 0.263. The normalized spacial score (nSPS) is 10.6. The summed E-state index contributed by atoms with van der Waals surface area (Å²) in [4.78, 5) is 44.0. The number of nitrogens with zero attached hydrogens (tertiary/aromatic N) is 1. The molecule has 0 aliphatic carbocycles. The van der Waals surface area contributed by atoms with E-state index in [1.165, 1.54) is 20.2 Å². The second kappa shape index (κ2) is 8.46. The Morgan fingerprint density at radius 3 is 2.59 bits per heavy atom. The molecule has 3 N–H and O–H groups in total. The summed E-state index contributed by atoms with van der Waals surface area (Å²) in [6.45, 7) is 1.44. The molecule has 29 heavy (non-hydrogen) atoms. The first-order valence-electron chi connectivity index (χ1n) is 8.65. The highest BCUT2D eigenvalue weighted by Crippen LogP contribution is 2.30. The molecule has 152 valence electrons. The summed E-state index contributed by atoms with van der Waals surface area (Å²) in [5, 5.41) is 3.41. The van der Waals surface area contributed by atoms with Gasteiger partial charge in [0, 0.05) is 37.0 Å².